The average molecular weight is 569 g/mol. The van der Waals surface area contributed by atoms with E-state index in [1.54, 1.807) is 7.11 Å². The van der Waals surface area contributed by atoms with Crippen LogP contribution in [0.3, 0.4) is 0 Å². The molecule has 2 aliphatic heterocycles. The molecule has 0 bridgehead atoms. The predicted octanol–water partition coefficient (Wildman–Crippen LogP) is 4.38. The third-order valence-electron chi connectivity index (χ3n) is 8.15. The van der Waals surface area contributed by atoms with Crippen LogP contribution in [0.15, 0.2) is 42.5 Å². The van der Waals surface area contributed by atoms with Crippen molar-refractivity contribution < 1.29 is 33.4 Å². The molecule has 4 rings (SSSR count). The molecule has 0 spiro atoms. The van der Waals surface area contributed by atoms with Gasteiger partial charge in [-0.1, -0.05) is 31.5 Å². The van der Waals surface area contributed by atoms with E-state index in [-0.39, 0.29) is 25.2 Å². The topological polar surface area (TPSA) is 88.5 Å². The Morgan fingerprint density at radius 3 is 2.34 bits per heavy atom. The van der Waals surface area contributed by atoms with Crippen LogP contribution in [0.5, 0.6) is 17.2 Å². The van der Waals surface area contributed by atoms with E-state index in [2.05, 4.69) is 33.0 Å². The van der Waals surface area contributed by atoms with Crippen LogP contribution in [0.1, 0.15) is 55.7 Å². The molecule has 0 aromatic heterocycles. The number of ether oxygens (including phenoxy) is 3. The normalized spacial score (nSPS) is 20.3. The van der Waals surface area contributed by atoms with Gasteiger partial charge in [0.15, 0.2) is 11.5 Å². The highest BCUT2D eigenvalue weighted by atomic mass is 16.7. The maximum atomic E-state index is 13.8. The molecule has 2 aliphatic rings. The van der Waals surface area contributed by atoms with E-state index in [9.17, 15) is 14.7 Å². The summed E-state index contributed by atoms with van der Waals surface area (Å²) in [5.74, 6) is 0.0918. The highest BCUT2D eigenvalue weighted by molar-refractivity contribution is 5.79. The lowest BCUT2D eigenvalue weighted by Crippen LogP contribution is -2.42. The lowest BCUT2D eigenvalue weighted by molar-refractivity contribution is -0.870. The quantitative estimate of drug-likeness (QED) is 0.267. The number of likely N-dealkylation sites (tertiary alicyclic amines) is 1. The van der Waals surface area contributed by atoms with Crippen molar-refractivity contribution in [2.75, 3.05) is 67.8 Å². The van der Waals surface area contributed by atoms with Gasteiger partial charge in [0.2, 0.25) is 12.7 Å². The summed E-state index contributed by atoms with van der Waals surface area (Å²) in [6, 6.07) is 12.7. The van der Waals surface area contributed by atoms with Gasteiger partial charge in [-0.25, -0.2) is 0 Å². The van der Waals surface area contributed by atoms with Crippen LogP contribution in [0, 0.1) is 5.92 Å². The zero-order valence-corrected chi connectivity index (χ0v) is 25.2. The summed E-state index contributed by atoms with van der Waals surface area (Å²) in [6.07, 6.45) is 3.95. The van der Waals surface area contributed by atoms with E-state index < -0.39 is 17.9 Å². The standard InChI is InChI=1S/C32H45N3O6/c1-6-7-16-33(17-8-9-18-35(2,3)4)29(36)21-34-20-26(24-12-15-27-28(19-24)41-22-40-27)30(32(37)38)31(34)23-10-13-25(39-5)14-11-23/h10-15,19,26,30-31H,6-9,16-18,20-22H2,1-5H3/p+1/t26-,30-,31+/m1/s1. The second-order valence-corrected chi connectivity index (χ2v) is 12.2. The maximum absolute atomic E-state index is 13.8. The van der Waals surface area contributed by atoms with Gasteiger partial charge >= 0.3 is 5.97 Å². The summed E-state index contributed by atoms with van der Waals surface area (Å²) in [5, 5.41) is 10.6. The number of aliphatic carboxylic acids is 1. The molecule has 9 heteroatoms. The third-order valence-corrected chi connectivity index (χ3v) is 8.15. The molecule has 0 radical (unpaired) electrons. The SMILES string of the molecule is CCCCN(CCCC[N+](C)(C)C)C(=O)CN1C[C@H](c2ccc3c(c2)OCO3)[C@@H](C(=O)O)[C@@H]1c1ccc(OC)cc1. The predicted molar refractivity (Wildman–Crippen MR) is 157 cm³/mol. The van der Waals surface area contributed by atoms with Crippen molar-refractivity contribution in [3.05, 3.63) is 53.6 Å². The van der Waals surface area contributed by atoms with Crippen LogP contribution < -0.4 is 14.2 Å². The molecule has 0 unspecified atom stereocenters. The van der Waals surface area contributed by atoms with Crippen LogP contribution in [-0.4, -0.2) is 99.0 Å². The van der Waals surface area contributed by atoms with Crippen molar-refractivity contribution in [1.82, 2.24) is 9.80 Å². The molecule has 3 atom stereocenters. The van der Waals surface area contributed by atoms with Crippen LogP contribution in [0.25, 0.3) is 0 Å². The molecule has 0 saturated carbocycles. The Morgan fingerprint density at radius 1 is 1.00 bits per heavy atom. The third kappa shape index (κ3) is 7.71. The monoisotopic (exact) mass is 568 g/mol. The molecular weight excluding hydrogens is 522 g/mol. The number of hydrogen-bond acceptors (Lipinski definition) is 6. The van der Waals surface area contributed by atoms with Gasteiger partial charge in [0, 0.05) is 31.6 Å². The summed E-state index contributed by atoms with van der Waals surface area (Å²) < 4.78 is 17.3. The van der Waals surface area contributed by atoms with Crippen LogP contribution in [0.4, 0.5) is 0 Å². The molecule has 2 aromatic carbocycles. The smallest absolute Gasteiger partial charge is 0.309 e. The number of methoxy groups -OCH3 is 1. The fourth-order valence-electron chi connectivity index (χ4n) is 5.95. The maximum Gasteiger partial charge on any atom is 0.309 e. The lowest BCUT2D eigenvalue weighted by atomic mass is 9.82. The minimum atomic E-state index is -0.883. The fourth-order valence-corrected chi connectivity index (χ4v) is 5.95. The largest absolute Gasteiger partial charge is 0.497 e. The number of unbranched alkanes of at least 4 members (excludes halogenated alkanes) is 2. The Hall–Kier alpha value is -3.30. The van der Waals surface area contributed by atoms with Crippen LogP contribution in [-0.2, 0) is 9.59 Å². The van der Waals surface area contributed by atoms with Crippen molar-refractivity contribution in [1.29, 1.82) is 0 Å². The number of carbonyl (C=O) groups is 2. The van der Waals surface area contributed by atoms with Gasteiger partial charge in [-0.15, -0.1) is 0 Å². The number of carboxylic acid groups (broad SMARTS) is 1. The Labute approximate surface area is 244 Å². The Balaban J connectivity index is 1.60. The number of benzene rings is 2. The first-order valence-corrected chi connectivity index (χ1v) is 14.7. The summed E-state index contributed by atoms with van der Waals surface area (Å²) in [7, 11) is 8.16. The van der Waals surface area contributed by atoms with Crippen LogP contribution in [0.2, 0.25) is 0 Å². The molecular formula is C32H46N3O6+. The number of carbonyl (C=O) groups excluding carboxylic acids is 1. The van der Waals surface area contributed by atoms with E-state index in [0.29, 0.717) is 36.9 Å². The lowest BCUT2D eigenvalue weighted by Gasteiger charge is -2.30. The molecule has 1 N–H and O–H groups in total. The first kappa shape index (κ1) is 30.7. The second-order valence-electron chi connectivity index (χ2n) is 12.2. The van der Waals surface area contributed by atoms with Crippen LogP contribution >= 0.6 is 0 Å². The van der Waals surface area contributed by atoms with Gasteiger partial charge in [0.25, 0.3) is 0 Å². The minimum Gasteiger partial charge on any atom is -0.497 e. The molecule has 9 nitrogen and oxygen atoms in total. The van der Waals surface area contributed by atoms with E-state index >= 15 is 0 Å². The first-order chi connectivity index (χ1) is 19.6. The second kappa shape index (κ2) is 13.6. The molecule has 1 amide bonds. The van der Waals surface area contributed by atoms with E-state index in [1.807, 2.05) is 47.4 Å². The number of quaternary nitrogens is 1. The van der Waals surface area contributed by atoms with Gasteiger partial charge in [0.1, 0.15) is 5.75 Å². The Morgan fingerprint density at radius 2 is 1.68 bits per heavy atom. The first-order valence-electron chi connectivity index (χ1n) is 14.7. The molecule has 2 aromatic rings. The van der Waals surface area contributed by atoms with Gasteiger partial charge in [-0.2, -0.15) is 0 Å². The Bertz CT molecular complexity index is 1180. The van der Waals surface area contributed by atoms with Gasteiger partial charge in [-0.05, 0) is 54.7 Å². The summed E-state index contributed by atoms with van der Waals surface area (Å²) >= 11 is 0. The summed E-state index contributed by atoms with van der Waals surface area (Å²) in [6.45, 7) is 5.39. The Kier molecular flexibility index (Phi) is 10.1. The van der Waals surface area contributed by atoms with E-state index in [1.165, 1.54) is 0 Å². The highest BCUT2D eigenvalue weighted by Crippen LogP contribution is 2.47. The van der Waals surface area contributed by atoms with Gasteiger partial charge in [-0.3, -0.25) is 14.5 Å². The van der Waals surface area contributed by atoms with E-state index in [0.717, 1.165) is 47.8 Å². The molecule has 1 saturated heterocycles. The number of amides is 1. The molecule has 224 valence electrons. The molecule has 1 fully saturated rings. The fraction of sp³-hybridized carbons (Fsp3) is 0.562. The average Bonchev–Trinajstić information content (AvgIpc) is 3.56. The van der Waals surface area contributed by atoms with Crippen molar-refractivity contribution in [3.63, 3.8) is 0 Å². The summed E-state index contributed by atoms with van der Waals surface area (Å²) in [5.41, 5.74) is 1.73. The highest BCUT2D eigenvalue weighted by Gasteiger charge is 2.48. The summed E-state index contributed by atoms with van der Waals surface area (Å²) in [4.78, 5) is 30.7. The number of rotatable bonds is 14. The number of carboxylic acids is 1. The van der Waals surface area contributed by atoms with Gasteiger partial charge in [0.05, 0.1) is 47.3 Å². The zero-order chi connectivity index (χ0) is 29.6. The zero-order valence-electron chi connectivity index (χ0n) is 25.2. The van der Waals surface area contributed by atoms with Crippen molar-refractivity contribution in [2.24, 2.45) is 5.92 Å². The van der Waals surface area contributed by atoms with E-state index in [4.69, 9.17) is 14.2 Å². The minimum absolute atomic E-state index is 0.0534. The van der Waals surface area contributed by atoms with Gasteiger partial charge < -0.3 is 28.7 Å². The number of nitrogens with zero attached hydrogens (tertiary/aromatic N) is 3. The molecule has 2 heterocycles. The molecule has 0 aliphatic carbocycles. The van der Waals surface area contributed by atoms with Crippen molar-refractivity contribution >= 4 is 11.9 Å². The number of fused-ring (bicyclic) bond motifs is 1. The van der Waals surface area contributed by atoms with Crippen molar-refractivity contribution in [2.45, 2.75) is 44.6 Å². The number of hydrogen-bond donors (Lipinski definition) is 1. The molecule has 41 heavy (non-hydrogen) atoms. The van der Waals surface area contributed by atoms with Crippen molar-refractivity contribution in [3.8, 4) is 17.2 Å².